The maximum Gasteiger partial charge on any atom is 0.471 e. The molecule has 6 nitrogen and oxygen atoms in total. The van der Waals surface area contributed by atoms with Crippen molar-refractivity contribution >= 4 is 17.5 Å². The standard InChI is InChI=1S/C26H30F3N3O3/c27-26(28,29)25(34)32-22-6-3-19(4-7-22)24(33)31-23-8-5-20-13-18(1-2-21(20)14-23)16-30-15-17-9-11-35-12-10-17/h1-4,6-7,13,17,23,30H,5,8-12,14-16H2,(H,31,33)(H,32,34). The minimum atomic E-state index is -4.96. The van der Waals surface area contributed by atoms with Gasteiger partial charge in [-0.3, -0.25) is 9.59 Å². The van der Waals surface area contributed by atoms with Crippen molar-refractivity contribution in [2.24, 2.45) is 5.92 Å². The van der Waals surface area contributed by atoms with E-state index in [0.29, 0.717) is 11.5 Å². The zero-order chi connectivity index (χ0) is 24.8. The zero-order valence-electron chi connectivity index (χ0n) is 19.4. The van der Waals surface area contributed by atoms with Crippen LogP contribution in [0.3, 0.4) is 0 Å². The average Bonchev–Trinajstić information content (AvgIpc) is 2.84. The summed E-state index contributed by atoms with van der Waals surface area (Å²) in [5.74, 6) is -1.66. The molecule has 0 radical (unpaired) electrons. The Kier molecular flexibility index (Phi) is 8.07. The van der Waals surface area contributed by atoms with Gasteiger partial charge in [-0.15, -0.1) is 0 Å². The molecular formula is C26H30F3N3O3. The first-order chi connectivity index (χ1) is 16.8. The van der Waals surface area contributed by atoms with Crippen LogP contribution in [0, 0.1) is 5.92 Å². The molecule has 0 aromatic heterocycles. The van der Waals surface area contributed by atoms with Crippen LogP contribution in [0.25, 0.3) is 0 Å². The first-order valence-corrected chi connectivity index (χ1v) is 12.0. The van der Waals surface area contributed by atoms with Crippen LogP contribution in [0.5, 0.6) is 0 Å². The highest BCUT2D eigenvalue weighted by Gasteiger charge is 2.38. The topological polar surface area (TPSA) is 79.5 Å². The van der Waals surface area contributed by atoms with Crippen molar-refractivity contribution in [3.05, 3.63) is 64.7 Å². The first kappa shape index (κ1) is 25.2. The number of aryl methyl sites for hydroxylation is 1. The number of hydrogen-bond acceptors (Lipinski definition) is 4. The lowest BCUT2D eigenvalue weighted by Gasteiger charge is -2.26. The fourth-order valence-corrected chi connectivity index (χ4v) is 4.59. The van der Waals surface area contributed by atoms with Crippen molar-refractivity contribution in [2.75, 3.05) is 25.1 Å². The van der Waals surface area contributed by atoms with E-state index in [2.05, 4.69) is 28.8 Å². The highest BCUT2D eigenvalue weighted by Crippen LogP contribution is 2.24. The summed E-state index contributed by atoms with van der Waals surface area (Å²) in [6.45, 7) is 3.55. The number of rotatable bonds is 7. The number of alkyl halides is 3. The molecule has 9 heteroatoms. The van der Waals surface area contributed by atoms with Crippen LogP contribution in [-0.2, 0) is 28.9 Å². The van der Waals surface area contributed by atoms with Crippen LogP contribution in [-0.4, -0.2) is 43.8 Å². The highest BCUT2D eigenvalue weighted by atomic mass is 19.4. The number of anilines is 1. The summed E-state index contributed by atoms with van der Waals surface area (Å²) in [5, 5.41) is 8.35. The number of carbonyl (C=O) groups is 2. The molecule has 188 valence electrons. The quantitative estimate of drug-likeness (QED) is 0.550. The highest BCUT2D eigenvalue weighted by molar-refractivity contribution is 5.97. The van der Waals surface area contributed by atoms with Gasteiger partial charge in [0, 0.05) is 37.1 Å². The third-order valence-corrected chi connectivity index (χ3v) is 6.60. The number of ether oxygens (including phenoxy) is 1. The van der Waals surface area contributed by atoms with Crippen LogP contribution >= 0.6 is 0 Å². The molecule has 1 unspecified atom stereocenters. The third kappa shape index (κ3) is 7.05. The number of carbonyl (C=O) groups excluding carboxylic acids is 2. The van der Waals surface area contributed by atoms with Crippen LogP contribution in [0.2, 0.25) is 0 Å². The van der Waals surface area contributed by atoms with E-state index in [1.807, 2.05) is 0 Å². The van der Waals surface area contributed by atoms with E-state index < -0.39 is 12.1 Å². The summed E-state index contributed by atoms with van der Waals surface area (Å²) in [4.78, 5) is 23.7. The Bertz CT molecular complexity index is 1030. The fraction of sp³-hybridized carbons (Fsp3) is 0.462. The molecule has 2 amide bonds. The van der Waals surface area contributed by atoms with Gasteiger partial charge in [-0.05, 0) is 85.5 Å². The Morgan fingerprint density at radius 2 is 1.71 bits per heavy atom. The molecule has 0 saturated carbocycles. The van der Waals surface area contributed by atoms with E-state index >= 15 is 0 Å². The Labute approximate surface area is 202 Å². The van der Waals surface area contributed by atoms with Gasteiger partial charge in [-0.25, -0.2) is 0 Å². The monoisotopic (exact) mass is 489 g/mol. The SMILES string of the molecule is O=C(NC1CCc2cc(CNCC3CCOCC3)ccc2C1)c1ccc(NC(=O)C(F)(F)F)cc1. The molecule has 0 spiro atoms. The van der Waals surface area contributed by atoms with Crippen LogP contribution in [0.15, 0.2) is 42.5 Å². The van der Waals surface area contributed by atoms with Gasteiger partial charge >= 0.3 is 12.1 Å². The zero-order valence-corrected chi connectivity index (χ0v) is 19.4. The van der Waals surface area contributed by atoms with Crippen molar-refractivity contribution in [1.82, 2.24) is 10.6 Å². The van der Waals surface area contributed by atoms with Gasteiger partial charge in [-0.1, -0.05) is 18.2 Å². The molecule has 1 fully saturated rings. The molecule has 1 saturated heterocycles. The Hall–Kier alpha value is -2.91. The minimum absolute atomic E-state index is 0.0166. The Morgan fingerprint density at radius 3 is 2.43 bits per heavy atom. The Balaban J connectivity index is 1.26. The molecule has 2 aliphatic rings. The van der Waals surface area contributed by atoms with E-state index in [4.69, 9.17) is 4.74 Å². The van der Waals surface area contributed by atoms with E-state index in [1.165, 1.54) is 41.0 Å². The molecule has 2 aromatic rings. The van der Waals surface area contributed by atoms with Crippen molar-refractivity contribution in [3.8, 4) is 0 Å². The smallest absolute Gasteiger partial charge is 0.381 e. The molecule has 1 aliphatic carbocycles. The predicted molar refractivity (Wildman–Crippen MR) is 126 cm³/mol. The van der Waals surface area contributed by atoms with Crippen molar-refractivity contribution in [3.63, 3.8) is 0 Å². The van der Waals surface area contributed by atoms with Gasteiger partial charge in [-0.2, -0.15) is 13.2 Å². The Morgan fingerprint density at radius 1 is 0.971 bits per heavy atom. The van der Waals surface area contributed by atoms with Gasteiger partial charge in [0.2, 0.25) is 0 Å². The van der Waals surface area contributed by atoms with E-state index in [1.54, 1.807) is 5.32 Å². The maximum absolute atomic E-state index is 12.6. The summed E-state index contributed by atoms with van der Waals surface area (Å²) in [5.41, 5.74) is 4.10. The number of hydrogen-bond donors (Lipinski definition) is 3. The van der Waals surface area contributed by atoms with Crippen molar-refractivity contribution in [2.45, 2.75) is 50.9 Å². The van der Waals surface area contributed by atoms with Gasteiger partial charge in [0.1, 0.15) is 0 Å². The maximum atomic E-state index is 12.6. The summed E-state index contributed by atoms with van der Waals surface area (Å²) < 4.78 is 42.5. The van der Waals surface area contributed by atoms with Gasteiger partial charge < -0.3 is 20.7 Å². The second-order valence-electron chi connectivity index (χ2n) is 9.23. The second kappa shape index (κ2) is 11.2. The molecule has 1 atom stereocenters. The number of nitrogens with one attached hydrogen (secondary N) is 3. The molecular weight excluding hydrogens is 459 g/mol. The molecule has 3 N–H and O–H groups in total. The average molecular weight is 490 g/mol. The summed E-state index contributed by atoms with van der Waals surface area (Å²) in [7, 11) is 0. The second-order valence-corrected chi connectivity index (χ2v) is 9.23. The molecule has 0 bridgehead atoms. The molecule has 4 rings (SSSR count). The van der Waals surface area contributed by atoms with E-state index in [0.717, 1.165) is 58.4 Å². The predicted octanol–water partition coefficient (Wildman–Crippen LogP) is 3.99. The van der Waals surface area contributed by atoms with Crippen LogP contribution in [0.4, 0.5) is 18.9 Å². The lowest BCUT2D eigenvalue weighted by Crippen LogP contribution is -2.38. The number of fused-ring (bicyclic) bond motifs is 1. The first-order valence-electron chi connectivity index (χ1n) is 12.0. The van der Waals surface area contributed by atoms with E-state index in [9.17, 15) is 22.8 Å². The largest absolute Gasteiger partial charge is 0.471 e. The van der Waals surface area contributed by atoms with E-state index in [-0.39, 0.29) is 17.6 Å². The lowest BCUT2D eigenvalue weighted by atomic mass is 9.87. The van der Waals surface area contributed by atoms with Gasteiger partial charge in [0.15, 0.2) is 0 Å². The molecule has 35 heavy (non-hydrogen) atoms. The normalized spacial score (nSPS) is 18.5. The summed E-state index contributed by atoms with van der Waals surface area (Å²) in [6.07, 6.45) is -0.314. The van der Waals surface area contributed by atoms with Crippen molar-refractivity contribution in [1.29, 1.82) is 0 Å². The summed E-state index contributed by atoms with van der Waals surface area (Å²) in [6, 6.07) is 11.9. The summed E-state index contributed by atoms with van der Waals surface area (Å²) >= 11 is 0. The molecule has 1 heterocycles. The number of amides is 2. The van der Waals surface area contributed by atoms with Crippen LogP contribution in [0.1, 0.15) is 46.3 Å². The van der Waals surface area contributed by atoms with Crippen molar-refractivity contribution < 1.29 is 27.5 Å². The molecule has 1 aliphatic heterocycles. The molecule has 2 aromatic carbocycles. The third-order valence-electron chi connectivity index (χ3n) is 6.60. The minimum Gasteiger partial charge on any atom is -0.381 e. The number of benzene rings is 2. The fourth-order valence-electron chi connectivity index (χ4n) is 4.59. The lowest BCUT2D eigenvalue weighted by molar-refractivity contribution is -0.167. The van der Waals surface area contributed by atoms with Crippen LogP contribution < -0.4 is 16.0 Å². The van der Waals surface area contributed by atoms with Gasteiger partial charge in [0.25, 0.3) is 5.91 Å². The number of halogens is 3. The van der Waals surface area contributed by atoms with Gasteiger partial charge in [0.05, 0.1) is 0 Å².